The summed E-state index contributed by atoms with van der Waals surface area (Å²) >= 11 is 13.8. The van der Waals surface area contributed by atoms with E-state index in [0.717, 1.165) is 37.1 Å². The van der Waals surface area contributed by atoms with Gasteiger partial charge in [0.15, 0.2) is 0 Å². The number of hydrazine groups is 1. The Morgan fingerprint density at radius 3 is 2.41 bits per heavy atom. The highest BCUT2D eigenvalue weighted by Crippen LogP contribution is 2.29. The Kier molecular flexibility index (Phi) is 8.72. The van der Waals surface area contributed by atoms with Crippen LogP contribution in [0.3, 0.4) is 0 Å². The SMILES string of the molecule is CN1CCN(C(C(=O)NNc2cc(Cl)cc(Cl)c2)c2ccc3sccc3c2)CC1.O=CO. The van der Waals surface area contributed by atoms with E-state index in [9.17, 15) is 4.79 Å². The second kappa shape index (κ2) is 11.5. The van der Waals surface area contributed by atoms with Crippen LogP contribution in [0.2, 0.25) is 10.0 Å². The van der Waals surface area contributed by atoms with Crippen molar-refractivity contribution in [1.82, 2.24) is 15.2 Å². The van der Waals surface area contributed by atoms with Crippen LogP contribution in [0.5, 0.6) is 0 Å². The fourth-order valence-electron chi connectivity index (χ4n) is 3.59. The molecule has 0 aliphatic carbocycles. The molecule has 170 valence electrons. The van der Waals surface area contributed by atoms with Crippen LogP contribution >= 0.6 is 34.5 Å². The van der Waals surface area contributed by atoms with Gasteiger partial charge in [-0.1, -0.05) is 29.3 Å². The molecule has 1 fully saturated rings. The summed E-state index contributed by atoms with van der Waals surface area (Å²) in [6.45, 7) is 3.28. The first-order valence-electron chi connectivity index (χ1n) is 9.91. The summed E-state index contributed by atoms with van der Waals surface area (Å²) in [6, 6.07) is 13.1. The van der Waals surface area contributed by atoms with Crippen molar-refractivity contribution in [3.8, 4) is 0 Å². The number of carboxylic acid groups (broad SMARTS) is 1. The van der Waals surface area contributed by atoms with Crippen molar-refractivity contribution in [2.24, 2.45) is 0 Å². The van der Waals surface area contributed by atoms with Crippen molar-refractivity contribution in [2.75, 3.05) is 38.7 Å². The number of piperazine rings is 1. The van der Waals surface area contributed by atoms with Gasteiger partial charge in [-0.3, -0.25) is 25.3 Å². The molecule has 1 atom stereocenters. The lowest BCUT2D eigenvalue weighted by Gasteiger charge is -2.37. The van der Waals surface area contributed by atoms with E-state index < -0.39 is 0 Å². The minimum atomic E-state index is -0.379. The Balaban J connectivity index is 0.000000913. The van der Waals surface area contributed by atoms with E-state index in [4.69, 9.17) is 33.1 Å². The molecule has 0 spiro atoms. The first-order chi connectivity index (χ1) is 15.4. The van der Waals surface area contributed by atoms with Gasteiger partial charge < -0.3 is 10.0 Å². The van der Waals surface area contributed by atoms with Crippen molar-refractivity contribution >= 4 is 62.7 Å². The standard InChI is InChI=1S/C21H22Cl2N4OS.CH2O2/c1-26-5-7-27(8-6-26)20(15-2-3-19-14(10-15)4-9-29-19)21(28)25-24-18-12-16(22)11-17(23)13-18;2-1-3/h2-4,9-13,20,24H,5-8H2,1H3,(H,25,28);1H,(H,2,3). The number of rotatable bonds is 5. The number of hydrogen-bond donors (Lipinski definition) is 3. The average Bonchev–Trinajstić information content (AvgIpc) is 3.22. The molecular formula is C22H24Cl2N4O3S. The van der Waals surface area contributed by atoms with E-state index in [1.807, 2.05) is 0 Å². The number of thiophene rings is 1. The molecule has 1 aliphatic rings. The summed E-state index contributed by atoms with van der Waals surface area (Å²) in [4.78, 5) is 26.1. The van der Waals surface area contributed by atoms with Gasteiger partial charge in [0.05, 0.1) is 5.69 Å². The highest BCUT2D eigenvalue weighted by atomic mass is 35.5. The second-order valence-electron chi connectivity index (χ2n) is 7.34. The van der Waals surface area contributed by atoms with E-state index in [0.29, 0.717) is 15.7 Å². The lowest BCUT2D eigenvalue weighted by Crippen LogP contribution is -2.50. The van der Waals surface area contributed by atoms with E-state index in [-0.39, 0.29) is 18.4 Å². The summed E-state index contributed by atoms with van der Waals surface area (Å²) < 4.78 is 1.22. The number of likely N-dealkylation sites (N-methyl/N-ethyl adjacent to an activating group) is 1. The zero-order chi connectivity index (χ0) is 23.1. The van der Waals surface area contributed by atoms with Crippen LogP contribution < -0.4 is 10.9 Å². The third-order valence-corrected chi connectivity index (χ3v) is 6.47. The molecule has 1 unspecified atom stereocenters. The highest BCUT2D eigenvalue weighted by Gasteiger charge is 2.30. The van der Waals surface area contributed by atoms with E-state index in [1.54, 1.807) is 29.5 Å². The Morgan fingerprint density at radius 2 is 1.75 bits per heavy atom. The zero-order valence-electron chi connectivity index (χ0n) is 17.4. The van der Waals surface area contributed by atoms with Crippen LogP contribution in [-0.2, 0) is 9.59 Å². The Labute approximate surface area is 200 Å². The number of carbonyl (C=O) groups is 2. The predicted octanol–water partition coefficient (Wildman–Crippen LogP) is 4.34. The number of benzene rings is 2. The first kappa shape index (κ1) is 24.3. The molecule has 7 nitrogen and oxygen atoms in total. The number of hydrogen-bond acceptors (Lipinski definition) is 6. The van der Waals surface area contributed by atoms with Crippen molar-refractivity contribution in [1.29, 1.82) is 0 Å². The van der Waals surface area contributed by atoms with Crippen LogP contribution in [-0.4, -0.2) is 60.5 Å². The quantitative estimate of drug-likeness (QED) is 0.361. The largest absolute Gasteiger partial charge is 0.483 e. The maximum absolute atomic E-state index is 13.2. The molecule has 1 saturated heterocycles. The number of anilines is 1. The fraction of sp³-hybridized carbons (Fsp3) is 0.273. The topological polar surface area (TPSA) is 84.9 Å². The van der Waals surface area contributed by atoms with Crippen molar-refractivity contribution in [3.63, 3.8) is 0 Å². The van der Waals surface area contributed by atoms with Crippen molar-refractivity contribution in [2.45, 2.75) is 6.04 Å². The molecule has 0 saturated carbocycles. The van der Waals surface area contributed by atoms with Gasteiger partial charge in [-0.15, -0.1) is 11.3 Å². The van der Waals surface area contributed by atoms with Crippen LogP contribution in [0.4, 0.5) is 5.69 Å². The molecule has 1 aromatic heterocycles. The number of nitrogens with one attached hydrogen (secondary N) is 2. The van der Waals surface area contributed by atoms with Gasteiger partial charge in [0.25, 0.3) is 12.4 Å². The average molecular weight is 495 g/mol. The minimum Gasteiger partial charge on any atom is -0.483 e. The van der Waals surface area contributed by atoms with Crippen LogP contribution in [0.25, 0.3) is 10.1 Å². The van der Waals surface area contributed by atoms with Crippen LogP contribution in [0, 0.1) is 0 Å². The number of amides is 1. The number of carbonyl (C=O) groups excluding carboxylic acids is 1. The summed E-state index contributed by atoms with van der Waals surface area (Å²) in [6.07, 6.45) is 0. The Hall–Kier alpha value is -2.36. The molecule has 1 aliphatic heterocycles. The fourth-order valence-corrected chi connectivity index (χ4v) is 4.89. The maximum Gasteiger partial charge on any atom is 0.290 e. The second-order valence-corrected chi connectivity index (χ2v) is 9.16. The van der Waals surface area contributed by atoms with E-state index in [2.05, 4.69) is 57.3 Å². The summed E-state index contributed by atoms with van der Waals surface area (Å²) in [5.74, 6) is -0.111. The molecule has 32 heavy (non-hydrogen) atoms. The van der Waals surface area contributed by atoms with Gasteiger partial charge in [0, 0.05) is 40.9 Å². The molecule has 10 heteroatoms. The summed E-state index contributed by atoms with van der Waals surface area (Å²) in [5, 5.41) is 11.1. The first-order valence-corrected chi connectivity index (χ1v) is 11.5. The van der Waals surface area contributed by atoms with Gasteiger partial charge >= 0.3 is 0 Å². The van der Waals surface area contributed by atoms with Gasteiger partial charge in [-0.2, -0.15) is 0 Å². The number of fused-ring (bicyclic) bond motifs is 1. The van der Waals surface area contributed by atoms with Crippen LogP contribution in [0.15, 0.2) is 47.8 Å². The molecule has 4 rings (SSSR count). The third-order valence-electron chi connectivity index (χ3n) is 5.14. The molecule has 3 aromatic rings. The van der Waals surface area contributed by atoms with Gasteiger partial charge in [0.2, 0.25) is 0 Å². The minimum absolute atomic E-state index is 0.111. The molecule has 1 amide bonds. The zero-order valence-corrected chi connectivity index (χ0v) is 19.8. The molecule has 2 aromatic carbocycles. The van der Waals surface area contributed by atoms with Gasteiger partial charge in [-0.25, -0.2) is 0 Å². The van der Waals surface area contributed by atoms with Crippen LogP contribution in [0.1, 0.15) is 11.6 Å². The molecule has 0 radical (unpaired) electrons. The molecule has 0 bridgehead atoms. The van der Waals surface area contributed by atoms with E-state index in [1.165, 1.54) is 4.70 Å². The third kappa shape index (κ3) is 6.34. The number of halogens is 2. The molecular weight excluding hydrogens is 471 g/mol. The maximum atomic E-state index is 13.2. The Morgan fingerprint density at radius 1 is 1.09 bits per heavy atom. The lowest BCUT2D eigenvalue weighted by atomic mass is 10.0. The normalized spacial score (nSPS) is 15.5. The van der Waals surface area contributed by atoms with E-state index >= 15 is 0 Å². The Bertz CT molecular complexity index is 1050. The predicted molar refractivity (Wildman–Crippen MR) is 131 cm³/mol. The van der Waals surface area contributed by atoms with Crippen molar-refractivity contribution in [3.05, 3.63) is 63.5 Å². The lowest BCUT2D eigenvalue weighted by molar-refractivity contribution is -0.127. The summed E-state index contributed by atoms with van der Waals surface area (Å²) in [7, 11) is 2.11. The molecule has 2 heterocycles. The smallest absolute Gasteiger partial charge is 0.290 e. The van der Waals surface area contributed by atoms with Gasteiger partial charge in [-0.05, 0) is 59.8 Å². The van der Waals surface area contributed by atoms with Gasteiger partial charge in [0.1, 0.15) is 6.04 Å². The summed E-state index contributed by atoms with van der Waals surface area (Å²) in [5.41, 5.74) is 7.43. The monoisotopic (exact) mass is 494 g/mol. The molecule has 3 N–H and O–H groups in total. The highest BCUT2D eigenvalue weighted by molar-refractivity contribution is 7.17. The number of nitrogens with zero attached hydrogens (tertiary/aromatic N) is 2. The van der Waals surface area contributed by atoms with Crippen molar-refractivity contribution < 1.29 is 14.7 Å².